The van der Waals surface area contributed by atoms with E-state index in [0.29, 0.717) is 56.5 Å². The highest BCUT2D eigenvalue weighted by Crippen LogP contribution is 2.45. The number of nitrogens with one attached hydrogen (secondary N) is 1. The molecule has 2 amide bonds. The molecule has 226 valence electrons. The van der Waals surface area contributed by atoms with Crippen molar-refractivity contribution >= 4 is 51.0 Å². The minimum Gasteiger partial charge on any atom is -0.444 e. The van der Waals surface area contributed by atoms with Crippen molar-refractivity contribution < 1.29 is 27.5 Å². The second kappa shape index (κ2) is 10.9. The third kappa shape index (κ3) is 5.87. The number of amides is 2. The summed E-state index contributed by atoms with van der Waals surface area (Å²) in [5.41, 5.74) is -1.22. The Kier molecular flexibility index (Phi) is 7.84. The first kappa shape index (κ1) is 30.3. The monoisotopic (exact) mass is 672 g/mol. The van der Waals surface area contributed by atoms with E-state index in [1.807, 2.05) is 20.8 Å². The fourth-order valence-corrected chi connectivity index (χ4v) is 6.39. The van der Waals surface area contributed by atoms with Crippen LogP contribution < -0.4 is 10.9 Å². The van der Waals surface area contributed by atoms with Crippen LogP contribution in [0.5, 0.6) is 0 Å². The van der Waals surface area contributed by atoms with E-state index in [1.165, 1.54) is 0 Å². The Balaban J connectivity index is 1.46. The maximum atomic E-state index is 13.8. The summed E-state index contributed by atoms with van der Waals surface area (Å²) in [5, 5.41) is 6.53. The third-order valence-electron chi connectivity index (χ3n) is 7.66. The highest BCUT2D eigenvalue weighted by atomic mass is 79.9. The quantitative estimate of drug-likeness (QED) is 0.390. The van der Waals surface area contributed by atoms with Crippen molar-refractivity contribution in [2.45, 2.75) is 76.6 Å². The van der Waals surface area contributed by atoms with Crippen LogP contribution in [-0.2, 0) is 34.1 Å². The summed E-state index contributed by atoms with van der Waals surface area (Å²) < 4.78 is 47.6. The molecule has 15 heteroatoms. The van der Waals surface area contributed by atoms with Crippen LogP contribution in [0.4, 0.5) is 23.7 Å². The topological polar surface area (TPSA) is 111 Å². The molecule has 1 atom stereocenters. The van der Waals surface area contributed by atoms with E-state index in [2.05, 4.69) is 31.3 Å². The van der Waals surface area contributed by atoms with Gasteiger partial charge < -0.3 is 19.5 Å². The van der Waals surface area contributed by atoms with Gasteiger partial charge in [-0.05, 0) is 87.0 Å². The molecule has 10 nitrogen and oxygen atoms in total. The Morgan fingerprint density at radius 1 is 1.17 bits per heavy atom. The molecular formula is C27H29BrClF3N6O4. The summed E-state index contributed by atoms with van der Waals surface area (Å²) in [6.45, 7) is 6.04. The van der Waals surface area contributed by atoms with E-state index in [0.717, 1.165) is 22.7 Å². The van der Waals surface area contributed by atoms with Crippen molar-refractivity contribution in [1.29, 1.82) is 0 Å². The van der Waals surface area contributed by atoms with Gasteiger partial charge in [-0.2, -0.15) is 22.7 Å². The fourth-order valence-electron chi connectivity index (χ4n) is 5.85. The highest BCUT2D eigenvalue weighted by molar-refractivity contribution is 9.10. The molecule has 2 aromatic heterocycles. The zero-order valence-electron chi connectivity index (χ0n) is 23.1. The van der Waals surface area contributed by atoms with Gasteiger partial charge in [0.2, 0.25) is 16.4 Å². The first-order chi connectivity index (χ1) is 19.6. The summed E-state index contributed by atoms with van der Waals surface area (Å²) in [6.07, 6.45) is -2.00. The van der Waals surface area contributed by atoms with E-state index < -0.39 is 34.8 Å². The van der Waals surface area contributed by atoms with Crippen LogP contribution in [0, 0.1) is 0 Å². The van der Waals surface area contributed by atoms with E-state index in [9.17, 15) is 27.6 Å². The Morgan fingerprint density at radius 2 is 1.90 bits per heavy atom. The Labute approximate surface area is 252 Å². The van der Waals surface area contributed by atoms with Crippen LogP contribution in [0.25, 0.3) is 5.78 Å². The lowest BCUT2D eigenvalue weighted by Gasteiger charge is -2.29. The lowest BCUT2D eigenvalue weighted by Crippen LogP contribution is -2.39. The van der Waals surface area contributed by atoms with E-state index in [4.69, 9.17) is 16.3 Å². The van der Waals surface area contributed by atoms with Crippen LogP contribution in [0.2, 0.25) is 5.02 Å². The maximum absolute atomic E-state index is 13.8. The van der Waals surface area contributed by atoms with Crippen molar-refractivity contribution in [2.75, 3.05) is 18.4 Å². The van der Waals surface area contributed by atoms with Gasteiger partial charge in [0, 0.05) is 29.8 Å². The van der Waals surface area contributed by atoms with Crippen LogP contribution in [-0.4, -0.2) is 54.8 Å². The van der Waals surface area contributed by atoms with Crippen LogP contribution in [0.1, 0.15) is 63.3 Å². The molecule has 3 heterocycles. The van der Waals surface area contributed by atoms with Crippen molar-refractivity contribution in [2.24, 2.45) is 0 Å². The number of ether oxygens (including phenoxy) is 1. The molecule has 2 aliphatic rings. The maximum Gasteiger partial charge on any atom is 0.416 e. The van der Waals surface area contributed by atoms with Crippen molar-refractivity contribution in [1.82, 2.24) is 24.1 Å². The van der Waals surface area contributed by atoms with Crippen LogP contribution in [0.3, 0.4) is 0 Å². The summed E-state index contributed by atoms with van der Waals surface area (Å²) in [4.78, 5) is 45.8. The number of rotatable bonds is 3. The number of hydrogen-bond acceptors (Lipinski definition) is 6. The Bertz CT molecular complexity index is 1630. The van der Waals surface area contributed by atoms with E-state index in [-0.39, 0.29) is 33.3 Å². The molecular weight excluding hydrogens is 645 g/mol. The minimum absolute atomic E-state index is 0.0218. The summed E-state index contributed by atoms with van der Waals surface area (Å²) in [5.74, 6) is -0.415. The molecule has 3 aromatic rings. The van der Waals surface area contributed by atoms with Gasteiger partial charge in [0.15, 0.2) is 0 Å². The first-order valence-electron chi connectivity index (χ1n) is 13.4. The van der Waals surface area contributed by atoms with Gasteiger partial charge in [-0.25, -0.2) is 4.79 Å². The lowest BCUT2D eigenvalue weighted by molar-refractivity contribution is -0.137. The number of carbonyl (C=O) groups is 2. The van der Waals surface area contributed by atoms with E-state index >= 15 is 0 Å². The molecule has 1 aromatic carbocycles. The fraction of sp³-hybridized carbons (Fsp3) is 0.519. The first-order valence-corrected chi connectivity index (χ1v) is 14.6. The number of alkyl halides is 3. The average molecular weight is 674 g/mol. The molecule has 1 N–H and O–H groups in total. The van der Waals surface area contributed by atoms with Gasteiger partial charge >= 0.3 is 12.3 Å². The van der Waals surface area contributed by atoms with Gasteiger partial charge in [0.05, 0.1) is 16.3 Å². The second-order valence-electron chi connectivity index (χ2n) is 11.6. The SMILES string of the molecule is CC(C)(C)OC(=O)N1CCCC2(CCc3c2c(=O)n2nc(Br)nc2n3CC(=O)Nc2ccc(C(F)(F)F)cc2Cl)CC1. The number of nitrogens with zero attached hydrogens (tertiary/aromatic N) is 5. The number of anilines is 1. The molecule has 1 unspecified atom stereocenters. The lowest BCUT2D eigenvalue weighted by atomic mass is 9.76. The second-order valence-corrected chi connectivity index (χ2v) is 12.8. The number of halogens is 5. The molecule has 1 fully saturated rings. The largest absolute Gasteiger partial charge is 0.444 e. The average Bonchev–Trinajstić information content (AvgIpc) is 3.36. The summed E-state index contributed by atoms with van der Waals surface area (Å²) in [7, 11) is 0. The van der Waals surface area contributed by atoms with Crippen molar-refractivity contribution in [3.63, 3.8) is 0 Å². The van der Waals surface area contributed by atoms with E-state index in [1.54, 1.807) is 9.47 Å². The Morgan fingerprint density at radius 3 is 2.57 bits per heavy atom. The normalized spacial score (nSPS) is 19.2. The van der Waals surface area contributed by atoms with Gasteiger partial charge in [0.25, 0.3) is 5.56 Å². The third-order valence-corrected chi connectivity index (χ3v) is 8.31. The van der Waals surface area contributed by atoms with Crippen LogP contribution in [0.15, 0.2) is 27.7 Å². The number of benzene rings is 1. The molecule has 0 bridgehead atoms. The number of aromatic nitrogens is 4. The zero-order valence-corrected chi connectivity index (χ0v) is 25.5. The Hall–Kier alpha value is -3.13. The summed E-state index contributed by atoms with van der Waals surface area (Å²) in [6, 6.07) is 2.68. The molecule has 1 aliphatic carbocycles. The zero-order chi connectivity index (χ0) is 30.6. The van der Waals surface area contributed by atoms with Crippen LogP contribution >= 0.6 is 27.5 Å². The molecule has 0 radical (unpaired) electrons. The summed E-state index contributed by atoms with van der Waals surface area (Å²) >= 11 is 9.26. The highest BCUT2D eigenvalue weighted by Gasteiger charge is 2.45. The number of fused-ring (bicyclic) bond motifs is 3. The van der Waals surface area contributed by atoms with Gasteiger partial charge in [0.1, 0.15) is 12.1 Å². The standard InChI is InChI=1S/C27H29BrClF3N6O4/c1-25(2,3)42-24(41)36-11-4-8-26(10-12-36)9-7-18-20(26)21(40)38-23(34-22(28)35-38)37(18)14-19(39)33-17-6-5-15(13-16(17)29)27(30,31)32/h5-6,13H,4,7-12,14H2,1-3H3,(H,33,39). The molecule has 5 rings (SSSR count). The number of hydrogen-bond donors (Lipinski definition) is 1. The van der Waals surface area contributed by atoms with Gasteiger partial charge in [-0.3, -0.25) is 9.59 Å². The smallest absolute Gasteiger partial charge is 0.416 e. The number of likely N-dealkylation sites (tertiary alicyclic amines) is 1. The van der Waals surface area contributed by atoms with Gasteiger partial charge in [-0.1, -0.05) is 11.6 Å². The molecule has 1 spiro atoms. The predicted molar refractivity (Wildman–Crippen MR) is 152 cm³/mol. The van der Waals surface area contributed by atoms with Crippen molar-refractivity contribution in [3.05, 3.63) is 55.1 Å². The number of carbonyl (C=O) groups excluding carboxylic acids is 2. The minimum atomic E-state index is -4.58. The van der Waals surface area contributed by atoms with Gasteiger partial charge in [-0.15, -0.1) is 5.10 Å². The van der Waals surface area contributed by atoms with Crippen molar-refractivity contribution in [3.8, 4) is 0 Å². The molecule has 0 saturated carbocycles. The molecule has 1 saturated heterocycles. The molecule has 42 heavy (non-hydrogen) atoms. The predicted octanol–water partition coefficient (Wildman–Crippen LogP) is 5.57. The molecule has 1 aliphatic heterocycles.